The average Bonchev–Trinajstić information content (AvgIpc) is 2.29. The third-order valence-electron chi connectivity index (χ3n) is 3.03. The van der Waals surface area contributed by atoms with Gasteiger partial charge in [-0.25, -0.2) is 0 Å². The summed E-state index contributed by atoms with van der Waals surface area (Å²) < 4.78 is 5.76. The van der Waals surface area contributed by atoms with Crippen molar-refractivity contribution in [1.29, 1.82) is 0 Å². The molecule has 0 radical (unpaired) electrons. The standard InChI is InChI=1S/C13H16O2/c1-11-7-8-13(11,15-10-9-14)12-5-3-2-4-6-12/h2-6,14H,1,7-10H2. The maximum absolute atomic E-state index is 8.83. The Balaban J connectivity index is 2.24. The van der Waals surface area contributed by atoms with Gasteiger partial charge in [-0.3, -0.25) is 0 Å². The first kappa shape index (κ1) is 10.4. The Morgan fingerprint density at radius 2 is 2.07 bits per heavy atom. The Morgan fingerprint density at radius 1 is 1.33 bits per heavy atom. The number of aliphatic hydroxyl groups excluding tert-OH is 1. The molecule has 1 N–H and O–H groups in total. The van der Waals surface area contributed by atoms with Crippen LogP contribution >= 0.6 is 0 Å². The normalized spacial score (nSPS) is 25.0. The molecule has 2 nitrogen and oxygen atoms in total. The minimum absolute atomic E-state index is 0.0574. The molecule has 1 aromatic rings. The quantitative estimate of drug-likeness (QED) is 0.762. The van der Waals surface area contributed by atoms with E-state index < -0.39 is 0 Å². The van der Waals surface area contributed by atoms with Crippen molar-refractivity contribution < 1.29 is 9.84 Å². The van der Waals surface area contributed by atoms with Crippen LogP contribution in [0, 0.1) is 0 Å². The summed E-state index contributed by atoms with van der Waals surface area (Å²) in [6, 6.07) is 10.1. The monoisotopic (exact) mass is 204 g/mol. The van der Waals surface area contributed by atoms with Crippen LogP contribution in [-0.4, -0.2) is 18.3 Å². The van der Waals surface area contributed by atoms with Crippen LogP contribution in [0.3, 0.4) is 0 Å². The molecule has 0 aromatic heterocycles. The summed E-state index contributed by atoms with van der Waals surface area (Å²) >= 11 is 0. The van der Waals surface area contributed by atoms with Crippen molar-refractivity contribution in [2.24, 2.45) is 0 Å². The van der Waals surface area contributed by atoms with Crippen LogP contribution < -0.4 is 0 Å². The molecule has 2 heteroatoms. The second kappa shape index (κ2) is 4.17. The van der Waals surface area contributed by atoms with E-state index in [1.54, 1.807) is 0 Å². The maximum atomic E-state index is 8.83. The lowest BCUT2D eigenvalue weighted by Gasteiger charge is -2.44. The molecule has 1 aliphatic carbocycles. The van der Waals surface area contributed by atoms with Gasteiger partial charge in [-0.1, -0.05) is 36.9 Å². The highest BCUT2D eigenvalue weighted by Crippen LogP contribution is 2.48. The molecule has 1 saturated carbocycles. The van der Waals surface area contributed by atoms with E-state index in [1.165, 1.54) is 0 Å². The van der Waals surface area contributed by atoms with Crippen LogP contribution in [0.4, 0.5) is 0 Å². The predicted molar refractivity (Wildman–Crippen MR) is 59.5 cm³/mol. The third kappa shape index (κ3) is 1.71. The summed E-state index contributed by atoms with van der Waals surface area (Å²) in [5, 5.41) is 8.83. The van der Waals surface area contributed by atoms with Crippen molar-refractivity contribution >= 4 is 0 Å². The molecule has 1 aliphatic rings. The van der Waals surface area contributed by atoms with Crippen molar-refractivity contribution in [1.82, 2.24) is 0 Å². The number of ether oxygens (including phenoxy) is 1. The third-order valence-corrected chi connectivity index (χ3v) is 3.03. The van der Waals surface area contributed by atoms with E-state index in [2.05, 4.69) is 18.7 Å². The van der Waals surface area contributed by atoms with Gasteiger partial charge in [-0.05, 0) is 24.0 Å². The number of hydrogen-bond donors (Lipinski definition) is 1. The average molecular weight is 204 g/mol. The molecular weight excluding hydrogens is 188 g/mol. The molecule has 2 rings (SSSR count). The zero-order valence-electron chi connectivity index (χ0n) is 8.78. The van der Waals surface area contributed by atoms with E-state index in [1.807, 2.05) is 18.2 Å². The van der Waals surface area contributed by atoms with Gasteiger partial charge in [0.15, 0.2) is 0 Å². The van der Waals surface area contributed by atoms with E-state index in [0.29, 0.717) is 6.61 Å². The lowest BCUT2D eigenvalue weighted by molar-refractivity contribution is -0.0702. The van der Waals surface area contributed by atoms with E-state index in [-0.39, 0.29) is 12.2 Å². The van der Waals surface area contributed by atoms with Crippen LogP contribution in [-0.2, 0) is 10.3 Å². The first-order chi connectivity index (χ1) is 7.29. The lowest BCUT2D eigenvalue weighted by atomic mass is 9.71. The van der Waals surface area contributed by atoms with E-state index >= 15 is 0 Å². The van der Waals surface area contributed by atoms with E-state index in [9.17, 15) is 0 Å². The number of rotatable bonds is 4. The summed E-state index contributed by atoms with van der Waals surface area (Å²) in [7, 11) is 0. The van der Waals surface area contributed by atoms with Gasteiger partial charge in [0.25, 0.3) is 0 Å². The summed E-state index contributed by atoms with van der Waals surface area (Å²) in [6.45, 7) is 4.46. The van der Waals surface area contributed by atoms with Gasteiger partial charge >= 0.3 is 0 Å². The molecule has 80 valence electrons. The highest BCUT2D eigenvalue weighted by Gasteiger charge is 2.43. The van der Waals surface area contributed by atoms with Gasteiger partial charge < -0.3 is 9.84 Å². The first-order valence-corrected chi connectivity index (χ1v) is 5.28. The molecule has 0 saturated heterocycles. The fourth-order valence-corrected chi connectivity index (χ4v) is 2.06. The zero-order valence-corrected chi connectivity index (χ0v) is 8.78. The van der Waals surface area contributed by atoms with E-state index in [0.717, 1.165) is 24.0 Å². The minimum Gasteiger partial charge on any atom is -0.394 e. The Hall–Kier alpha value is -1.12. The Morgan fingerprint density at radius 3 is 2.53 bits per heavy atom. The first-order valence-electron chi connectivity index (χ1n) is 5.28. The maximum Gasteiger partial charge on any atom is 0.114 e. The highest BCUT2D eigenvalue weighted by molar-refractivity contribution is 5.37. The molecule has 0 spiro atoms. The topological polar surface area (TPSA) is 29.5 Å². The Kier molecular flexibility index (Phi) is 2.89. The molecule has 0 aliphatic heterocycles. The molecule has 1 aromatic carbocycles. The summed E-state index contributed by atoms with van der Waals surface area (Å²) in [4.78, 5) is 0. The van der Waals surface area contributed by atoms with Gasteiger partial charge in [-0.2, -0.15) is 0 Å². The van der Waals surface area contributed by atoms with Gasteiger partial charge in [-0.15, -0.1) is 0 Å². The van der Waals surface area contributed by atoms with Crippen LogP contribution in [0.25, 0.3) is 0 Å². The van der Waals surface area contributed by atoms with E-state index in [4.69, 9.17) is 9.84 Å². The summed E-state index contributed by atoms with van der Waals surface area (Å²) in [6.07, 6.45) is 1.98. The molecule has 0 amide bonds. The van der Waals surface area contributed by atoms with Crippen molar-refractivity contribution in [2.45, 2.75) is 18.4 Å². The fraction of sp³-hybridized carbons (Fsp3) is 0.385. The summed E-state index contributed by atoms with van der Waals surface area (Å²) in [5.74, 6) is 0. The van der Waals surface area contributed by atoms with Crippen LogP contribution in [0.1, 0.15) is 18.4 Å². The van der Waals surface area contributed by atoms with Crippen LogP contribution in [0.5, 0.6) is 0 Å². The van der Waals surface area contributed by atoms with Gasteiger partial charge in [0.1, 0.15) is 5.60 Å². The lowest BCUT2D eigenvalue weighted by Crippen LogP contribution is -2.40. The van der Waals surface area contributed by atoms with Gasteiger partial charge in [0.05, 0.1) is 13.2 Å². The fourth-order valence-electron chi connectivity index (χ4n) is 2.06. The van der Waals surface area contributed by atoms with Crippen LogP contribution in [0.15, 0.2) is 42.5 Å². The molecule has 15 heavy (non-hydrogen) atoms. The van der Waals surface area contributed by atoms with Crippen molar-refractivity contribution in [3.8, 4) is 0 Å². The van der Waals surface area contributed by atoms with Crippen LogP contribution in [0.2, 0.25) is 0 Å². The largest absolute Gasteiger partial charge is 0.394 e. The second-order valence-electron chi connectivity index (χ2n) is 3.87. The van der Waals surface area contributed by atoms with Crippen molar-refractivity contribution in [3.05, 3.63) is 48.0 Å². The molecule has 1 unspecified atom stereocenters. The molecule has 1 atom stereocenters. The zero-order chi connectivity index (χ0) is 10.7. The number of benzene rings is 1. The Bertz CT molecular complexity index is 345. The van der Waals surface area contributed by atoms with Gasteiger partial charge in [0, 0.05) is 0 Å². The summed E-state index contributed by atoms with van der Waals surface area (Å²) in [5.41, 5.74) is 1.93. The van der Waals surface area contributed by atoms with Crippen molar-refractivity contribution in [3.63, 3.8) is 0 Å². The minimum atomic E-state index is -0.329. The Labute approximate surface area is 90.2 Å². The highest BCUT2D eigenvalue weighted by atomic mass is 16.5. The molecule has 1 fully saturated rings. The predicted octanol–water partition coefficient (Wildman–Crippen LogP) is 2.24. The molecule has 0 heterocycles. The number of aliphatic hydroxyl groups is 1. The van der Waals surface area contributed by atoms with Gasteiger partial charge in [0.2, 0.25) is 0 Å². The smallest absolute Gasteiger partial charge is 0.114 e. The number of hydrogen-bond acceptors (Lipinski definition) is 2. The molecular formula is C13H16O2. The van der Waals surface area contributed by atoms with Crippen molar-refractivity contribution in [2.75, 3.05) is 13.2 Å². The molecule has 0 bridgehead atoms. The SMILES string of the molecule is C=C1CCC1(OCCO)c1ccccc1. The second-order valence-corrected chi connectivity index (χ2v) is 3.87.